The third-order valence-electron chi connectivity index (χ3n) is 2.03. The summed E-state index contributed by atoms with van der Waals surface area (Å²) in [4.78, 5) is 10.2. The Morgan fingerprint density at radius 3 is 2.06 bits per heavy atom. The molecule has 1 N–H and O–H groups in total. The van der Waals surface area contributed by atoms with E-state index >= 15 is 0 Å². The second-order valence-corrected chi connectivity index (χ2v) is 13.2. The van der Waals surface area contributed by atoms with E-state index in [4.69, 9.17) is 13.6 Å². The highest BCUT2D eigenvalue weighted by molar-refractivity contribution is 6.81. The Bertz CT molecular complexity index is 192. The molecule has 0 fully saturated rings. The lowest BCUT2D eigenvalue weighted by atomic mass is 10.5. The quantitative estimate of drug-likeness (QED) is 0.493. The molecule has 104 valence electrons. The van der Waals surface area contributed by atoms with Crippen molar-refractivity contribution < 1.29 is 18.4 Å². The molecule has 4 nitrogen and oxygen atoms in total. The first-order valence-corrected chi connectivity index (χ1v) is 12.3. The Kier molecular flexibility index (Phi) is 8.52. The highest BCUT2D eigenvalue weighted by atomic mass is 28.4. The average Bonchev–Trinajstić information content (AvgIpc) is 2.12. The maximum absolute atomic E-state index is 10.2. The van der Waals surface area contributed by atoms with Crippen LogP contribution in [0.5, 0.6) is 0 Å². The SMILES string of the molecule is CCOCCOCCC[Si](C)(O)O[Si](C)(C)C. The molecule has 17 heavy (non-hydrogen) atoms. The molecule has 0 aliphatic heterocycles. The van der Waals surface area contributed by atoms with E-state index in [0.29, 0.717) is 19.8 Å². The zero-order valence-electron chi connectivity index (χ0n) is 11.9. The lowest BCUT2D eigenvalue weighted by Gasteiger charge is -2.29. The summed E-state index contributed by atoms with van der Waals surface area (Å²) in [5, 5.41) is 0. The van der Waals surface area contributed by atoms with E-state index < -0.39 is 16.9 Å². The minimum absolute atomic E-state index is 0.631. The van der Waals surface area contributed by atoms with Gasteiger partial charge >= 0.3 is 8.56 Å². The molecule has 0 heterocycles. The van der Waals surface area contributed by atoms with Crippen molar-refractivity contribution in [2.24, 2.45) is 0 Å². The van der Waals surface area contributed by atoms with Gasteiger partial charge in [0.1, 0.15) is 0 Å². The van der Waals surface area contributed by atoms with Crippen LogP contribution in [-0.4, -0.2) is 48.1 Å². The molecular weight excluding hydrogens is 252 g/mol. The van der Waals surface area contributed by atoms with Crippen LogP contribution >= 0.6 is 0 Å². The smallest absolute Gasteiger partial charge is 0.322 e. The van der Waals surface area contributed by atoms with Gasteiger partial charge in [-0.15, -0.1) is 0 Å². The van der Waals surface area contributed by atoms with Crippen LogP contribution in [0.15, 0.2) is 0 Å². The minimum Gasteiger partial charge on any atom is -0.436 e. The summed E-state index contributed by atoms with van der Waals surface area (Å²) < 4.78 is 16.4. The Hall–Kier alpha value is 0.274. The summed E-state index contributed by atoms with van der Waals surface area (Å²) in [6.07, 6.45) is 0.857. The Balaban J connectivity index is 3.52. The van der Waals surface area contributed by atoms with Gasteiger partial charge in [-0.3, -0.25) is 0 Å². The van der Waals surface area contributed by atoms with Crippen molar-refractivity contribution >= 4 is 16.9 Å². The molecule has 0 bridgehead atoms. The van der Waals surface area contributed by atoms with Gasteiger partial charge in [0, 0.05) is 13.2 Å². The van der Waals surface area contributed by atoms with Gasteiger partial charge in [-0.1, -0.05) is 0 Å². The van der Waals surface area contributed by atoms with E-state index in [1.54, 1.807) is 0 Å². The van der Waals surface area contributed by atoms with Crippen molar-refractivity contribution in [1.82, 2.24) is 0 Å². The Labute approximate surface area is 108 Å². The summed E-state index contributed by atoms with van der Waals surface area (Å²) >= 11 is 0. The van der Waals surface area contributed by atoms with E-state index in [0.717, 1.165) is 19.1 Å². The van der Waals surface area contributed by atoms with E-state index in [1.165, 1.54) is 0 Å². The van der Waals surface area contributed by atoms with Crippen molar-refractivity contribution in [3.8, 4) is 0 Å². The van der Waals surface area contributed by atoms with Crippen molar-refractivity contribution in [3.63, 3.8) is 0 Å². The van der Waals surface area contributed by atoms with Gasteiger partial charge in [0.15, 0.2) is 8.32 Å². The molecule has 0 radical (unpaired) electrons. The van der Waals surface area contributed by atoms with Crippen LogP contribution in [0.3, 0.4) is 0 Å². The first-order chi connectivity index (χ1) is 7.77. The molecule has 0 aromatic carbocycles. The van der Waals surface area contributed by atoms with Crippen molar-refractivity contribution in [3.05, 3.63) is 0 Å². The fourth-order valence-electron chi connectivity index (χ4n) is 1.58. The van der Waals surface area contributed by atoms with Gasteiger partial charge in [0.25, 0.3) is 0 Å². The number of hydrogen-bond acceptors (Lipinski definition) is 4. The van der Waals surface area contributed by atoms with Gasteiger partial charge in [-0.05, 0) is 45.6 Å². The predicted molar refractivity (Wildman–Crippen MR) is 75.0 cm³/mol. The van der Waals surface area contributed by atoms with Crippen molar-refractivity contribution in [2.75, 3.05) is 26.4 Å². The average molecular weight is 281 g/mol. The lowest BCUT2D eigenvalue weighted by molar-refractivity contribution is 0.0526. The third-order valence-corrected chi connectivity index (χ3v) is 7.52. The first kappa shape index (κ1) is 17.3. The van der Waals surface area contributed by atoms with Crippen LogP contribution < -0.4 is 0 Å². The van der Waals surface area contributed by atoms with Gasteiger partial charge in [-0.2, -0.15) is 0 Å². The molecule has 0 aromatic heterocycles. The van der Waals surface area contributed by atoms with Crippen molar-refractivity contribution in [2.45, 2.75) is 45.6 Å². The van der Waals surface area contributed by atoms with E-state index in [-0.39, 0.29) is 0 Å². The van der Waals surface area contributed by atoms with Crippen LogP contribution in [0, 0.1) is 0 Å². The lowest BCUT2D eigenvalue weighted by Crippen LogP contribution is -2.44. The molecule has 1 unspecified atom stereocenters. The zero-order valence-corrected chi connectivity index (χ0v) is 13.9. The molecular formula is C11H28O4Si2. The number of rotatable bonds is 10. The molecule has 1 atom stereocenters. The summed E-state index contributed by atoms with van der Waals surface area (Å²) in [5.41, 5.74) is 0. The molecule has 0 saturated heterocycles. The van der Waals surface area contributed by atoms with Crippen LogP contribution in [0.25, 0.3) is 0 Å². The van der Waals surface area contributed by atoms with Crippen LogP contribution in [0.2, 0.25) is 32.2 Å². The summed E-state index contributed by atoms with van der Waals surface area (Å²) in [6.45, 7) is 12.8. The molecule has 0 aliphatic rings. The standard InChI is InChI=1S/C11H28O4Si2/c1-6-13-9-10-14-8-7-11-17(5,12)15-16(2,3)4/h12H,6-11H2,1-5H3. The van der Waals surface area contributed by atoms with E-state index in [1.807, 2.05) is 13.5 Å². The molecule has 6 heteroatoms. The number of ether oxygens (including phenoxy) is 2. The second-order valence-electron chi connectivity index (χ2n) is 5.30. The molecule has 0 spiro atoms. The maximum Gasteiger partial charge on any atom is 0.322 e. The Morgan fingerprint density at radius 2 is 1.53 bits per heavy atom. The van der Waals surface area contributed by atoms with Crippen LogP contribution in [0.1, 0.15) is 13.3 Å². The zero-order chi connectivity index (χ0) is 13.4. The van der Waals surface area contributed by atoms with E-state index in [9.17, 15) is 4.80 Å². The fraction of sp³-hybridized carbons (Fsp3) is 1.00. The highest BCUT2D eigenvalue weighted by Gasteiger charge is 2.32. The minimum atomic E-state index is -2.46. The summed E-state index contributed by atoms with van der Waals surface area (Å²) in [5.74, 6) is 0. The second kappa shape index (κ2) is 8.39. The first-order valence-electron chi connectivity index (χ1n) is 6.35. The number of hydrogen-bond donors (Lipinski definition) is 1. The molecule has 0 aromatic rings. The topological polar surface area (TPSA) is 47.9 Å². The van der Waals surface area contributed by atoms with Crippen LogP contribution in [0.4, 0.5) is 0 Å². The summed E-state index contributed by atoms with van der Waals surface area (Å²) in [7, 11) is -4.09. The maximum atomic E-state index is 10.2. The molecule has 0 rings (SSSR count). The normalized spacial score (nSPS) is 15.9. The highest BCUT2D eigenvalue weighted by Crippen LogP contribution is 2.17. The summed E-state index contributed by atoms with van der Waals surface area (Å²) in [6, 6.07) is 0.742. The molecule has 0 saturated carbocycles. The largest absolute Gasteiger partial charge is 0.436 e. The van der Waals surface area contributed by atoms with Crippen LogP contribution in [-0.2, 0) is 13.6 Å². The van der Waals surface area contributed by atoms with Crippen molar-refractivity contribution in [1.29, 1.82) is 0 Å². The van der Waals surface area contributed by atoms with Gasteiger partial charge < -0.3 is 18.4 Å². The van der Waals surface area contributed by atoms with Gasteiger partial charge in [0.2, 0.25) is 0 Å². The monoisotopic (exact) mass is 280 g/mol. The third kappa shape index (κ3) is 12.5. The Morgan fingerprint density at radius 1 is 0.941 bits per heavy atom. The van der Waals surface area contributed by atoms with E-state index in [2.05, 4.69) is 19.6 Å². The molecule has 0 amide bonds. The molecule has 0 aliphatic carbocycles. The predicted octanol–water partition coefficient (Wildman–Crippen LogP) is 2.35. The fourth-order valence-corrected chi connectivity index (χ4v) is 8.06. The van der Waals surface area contributed by atoms with Gasteiger partial charge in [0.05, 0.1) is 13.2 Å². The van der Waals surface area contributed by atoms with Gasteiger partial charge in [-0.25, -0.2) is 0 Å².